The van der Waals surface area contributed by atoms with Gasteiger partial charge >= 0.3 is 0 Å². The third kappa shape index (κ3) is 2.97. The van der Waals surface area contributed by atoms with Crippen LogP contribution in [-0.2, 0) is 20.0 Å². The van der Waals surface area contributed by atoms with E-state index in [0.29, 0.717) is 5.56 Å². The molecule has 0 spiro atoms. The molecule has 0 aliphatic carbocycles. The predicted octanol–water partition coefficient (Wildman–Crippen LogP) is 0.363. The molecule has 20 heavy (non-hydrogen) atoms. The second-order valence-corrected chi connectivity index (χ2v) is 8.37. The van der Waals surface area contributed by atoms with E-state index in [1.807, 2.05) is 0 Å². The number of nitro groups is 1. The number of benzene rings is 1. The molecule has 1 N–H and O–H groups in total. The Morgan fingerprint density at radius 1 is 1.20 bits per heavy atom. The largest absolute Gasteiger partial charge is 0.285 e. The minimum Gasteiger partial charge on any atom is -0.285 e. The van der Waals surface area contributed by atoms with Gasteiger partial charge in [-0.25, -0.2) is 8.42 Å². The van der Waals surface area contributed by atoms with E-state index in [1.54, 1.807) is 0 Å². The Balaban J connectivity index is 2.42. The minimum atomic E-state index is -4.51. The number of hydrogen-bond acceptors (Lipinski definition) is 6. The van der Waals surface area contributed by atoms with Gasteiger partial charge in [0.05, 0.1) is 16.4 Å². The van der Waals surface area contributed by atoms with Crippen molar-refractivity contribution in [3.63, 3.8) is 0 Å². The van der Waals surface area contributed by atoms with Gasteiger partial charge in [0.2, 0.25) is 0 Å². The standard InChI is InChI=1S/C10H11NO7S2/c12-11(13)8-3-1-7(2-4-8)9-5-19(14,15)6-10(9)20(16,17)18/h1-4,9-10H,5-6H2,(H,16,17,18). The molecule has 0 aromatic heterocycles. The number of sulfone groups is 1. The maximum atomic E-state index is 11.6. The van der Waals surface area contributed by atoms with Crippen molar-refractivity contribution in [2.75, 3.05) is 11.5 Å². The molecule has 1 saturated heterocycles. The van der Waals surface area contributed by atoms with Gasteiger partial charge in [-0.15, -0.1) is 0 Å². The van der Waals surface area contributed by atoms with Crippen LogP contribution in [0, 0.1) is 10.1 Å². The Kier molecular flexibility index (Phi) is 3.56. The molecule has 1 heterocycles. The molecule has 10 heteroatoms. The lowest BCUT2D eigenvalue weighted by Gasteiger charge is -2.15. The van der Waals surface area contributed by atoms with E-state index in [2.05, 4.69) is 0 Å². The van der Waals surface area contributed by atoms with Crippen molar-refractivity contribution < 1.29 is 26.3 Å². The summed E-state index contributed by atoms with van der Waals surface area (Å²) in [6.45, 7) is 0. The monoisotopic (exact) mass is 321 g/mol. The van der Waals surface area contributed by atoms with Crippen LogP contribution in [0.2, 0.25) is 0 Å². The number of nitro benzene ring substituents is 1. The topological polar surface area (TPSA) is 132 Å². The zero-order valence-corrected chi connectivity index (χ0v) is 11.7. The summed E-state index contributed by atoms with van der Waals surface area (Å²) in [5.41, 5.74) is 0.150. The first kappa shape index (κ1) is 14.9. The van der Waals surface area contributed by atoms with E-state index >= 15 is 0 Å². The van der Waals surface area contributed by atoms with Crippen LogP contribution in [-0.4, -0.2) is 43.1 Å². The Labute approximate surface area is 115 Å². The van der Waals surface area contributed by atoms with E-state index in [1.165, 1.54) is 24.3 Å². The van der Waals surface area contributed by atoms with Crippen LogP contribution in [0.5, 0.6) is 0 Å². The maximum absolute atomic E-state index is 11.6. The zero-order valence-electron chi connectivity index (χ0n) is 10.0. The average Bonchev–Trinajstić information content (AvgIpc) is 2.65. The lowest BCUT2D eigenvalue weighted by molar-refractivity contribution is -0.384. The van der Waals surface area contributed by atoms with Crippen molar-refractivity contribution in [3.05, 3.63) is 39.9 Å². The van der Waals surface area contributed by atoms with E-state index in [0.717, 1.165) is 0 Å². The molecule has 1 aromatic carbocycles. The van der Waals surface area contributed by atoms with Crippen LogP contribution in [0.25, 0.3) is 0 Å². The van der Waals surface area contributed by atoms with Crippen LogP contribution in [0.3, 0.4) is 0 Å². The molecule has 2 atom stereocenters. The molecule has 1 aliphatic heterocycles. The second kappa shape index (κ2) is 4.79. The summed E-state index contributed by atoms with van der Waals surface area (Å²) in [7, 11) is -8.09. The molecule has 110 valence electrons. The molecule has 0 bridgehead atoms. The van der Waals surface area contributed by atoms with E-state index < -0.39 is 47.6 Å². The molecule has 2 unspecified atom stereocenters. The first-order valence-electron chi connectivity index (χ1n) is 5.51. The highest BCUT2D eigenvalue weighted by Crippen LogP contribution is 2.34. The van der Waals surface area contributed by atoms with Crippen LogP contribution < -0.4 is 0 Å². The summed E-state index contributed by atoms with van der Waals surface area (Å²) in [5, 5.41) is 9.10. The predicted molar refractivity (Wildman–Crippen MR) is 69.8 cm³/mol. The third-order valence-electron chi connectivity index (χ3n) is 3.22. The van der Waals surface area contributed by atoms with Gasteiger partial charge < -0.3 is 0 Å². The summed E-state index contributed by atoms with van der Waals surface area (Å²) in [6, 6.07) is 4.95. The summed E-state index contributed by atoms with van der Waals surface area (Å²) in [5.74, 6) is -1.97. The molecule has 8 nitrogen and oxygen atoms in total. The Morgan fingerprint density at radius 2 is 1.75 bits per heavy atom. The maximum Gasteiger partial charge on any atom is 0.269 e. The highest BCUT2D eigenvalue weighted by atomic mass is 32.2. The van der Waals surface area contributed by atoms with Crippen molar-refractivity contribution in [1.29, 1.82) is 0 Å². The average molecular weight is 321 g/mol. The summed E-state index contributed by atoms with van der Waals surface area (Å²) >= 11 is 0. The second-order valence-electron chi connectivity index (χ2n) is 4.59. The quantitative estimate of drug-likeness (QED) is 0.483. The van der Waals surface area contributed by atoms with Crippen molar-refractivity contribution >= 4 is 25.6 Å². The number of nitrogens with zero attached hydrogens (tertiary/aromatic N) is 1. The van der Waals surface area contributed by atoms with Crippen molar-refractivity contribution in [2.24, 2.45) is 0 Å². The third-order valence-corrected chi connectivity index (χ3v) is 6.42. The van der Waals surface area contributed by atoms with Crippen molar-refractivity contribution in [2.45, 2.75) is 11.2 Å². The van der Waals surface area contributed by atoms with Crippen LogP contribution >= 0.6 is 0 Å². The summed E-state index contributed by atoms with van der Waals surface area (Å²) < 4.78 is 54.8. The van der Waals surface area contributed by atoms with E-state index in [4.69, 9.17) is 4.55 Å². The molecule has 0 amide bonds. The van der Waals surface area contributed by atoms with E-state index in [-0.39, 0.29) is 5.69 Å². The number of non-ortho nitro benzene ring substituents is 1. The number of rotatable bonds is 3. The number of hydrogen-bond donors (Lipinski definition) is 1. The van der Waals surface area contributed by atoms with Gasteiger partial charge in [-0.2, -0.15) is 8.42 Å². The highest BCUT2D eigenvalue weighted by Gasteiger charge is 2.45. The van der Waals surface area contributed by atoms with Gasteiger partial charge in [0.1, 0.15) is 5.25 Å². The summed E-state index contributed by atoms with van der Waals surface area (Å²) in [6.07, 6.45) is 0. The SMILES string of the molecule is O=[N+]([O-])c1ccc(C2CS(=O)(=O)CC2S(=O)(=O)O)cc1. The molecule has 0 radical (unpaired) electrons. The fraction of sp³-hybridized carbons (Fsp3) is 0.400. The fourth-order valence-corrected chi connectivity index (χ4v) is 6.20. The fourth-order valence-electron chi connectivity index (χ4n) is 2.26. The zero-order chi connectivity index (χ0) is 15.1. The van der Waals surface area contributed by atoms with Gasteiger partial charge in [0.15, 0.2) is 9.84 Å². The minimum absolute atomic E-state index is 0.182. The molecular formula is C10H11NO7S2. The van der Waals surface area contributed by atoms with Crippen LogP contribution in [0.1, 0.15) is 11.5 Å². The first-order valence-corrected chi connectivity index (χ1v) is 8.84. The van der Waals surface area contributed by atoms with Gasteiger partial charge in [-0.1, -0.05) is 12.1 Å². The normalized spacial score (nSPS) is 25.4. The van der Waals surface area contributed by atoms with Crippen molar-refractivity contribution in [3.8, 4) is 0 Å². The first-order chi connectivity index (χ1) is 9.10. The Bertz CT molecular complexity index is 736. The molecule has 1 aromatic rings. The molecule has 2 rings (SSSR count). The molecule has 0 saturated carbocycles. The Hall–Kier alpha value is -1.52. The summed E-state index contributed by atoms with van der Waals surface area (Å²) in [4.78, 5) is 9.92. The Morgan fingerprint density at radius 3 is 2.20 bits per heavy atom. The molecule has 1 aliphatic rings. The highest BCUT2D eigenvalue weighted by molar-refractivity contribution is 7.94. The van der Waals surface area contributed by atoms with Gasteiger partial charge in [-0.05, 0) is 5.56 Å². The van der Waals surface area contributed by atoms with Crippen LogP contribution in [0.4, 0.5) is 5.69 Å². The molecule has 1 fully saturated rings. The lowest BCUT2D eigenvalue weighted by atomic mass is 9.98. The van der Waals surface area contributed by atoms with Crippen molar-refractivity contribution in [1.82, 2.24) is 0 Å². The van der Waals surface area contributed by atoms with Gasteiger partial charge in [0, 0.05) is 18.1 Å². The van der Waals surface area contributed by atoms with Crippen LogP contribution in [0.15, 0.2) is 24.3 Å². The molecular weight excluding hydrogens is 310 g/mol. The van der Waals surface area contributed by atoms with E-state index in [9.17, 15) is 26.9 Å². The van der Waals surface area contributed by atoms with Gasteiger partial charge in [-0.3, -0.25) is 14.7 Å². The lowest BCUT2D eigenvalue weighted by Crippen LogP contribution is -2.27. The smallest absolute Gasteiger partial charge is 0.269 e. The van der Waals surface area contributed by atoms with Gasteiger partial charge in [0.25, 0.3) is 15.8 Å².